The predicted molar refractivity (Wildman–Crippen MR) is 85.2 cm³/mol. The van der Waals surface area contributed by atoms with Gasteiger partial charge in [-0.3, -0.25) is 9.69 Å². The van der Waals surface area contributed by atoms with Crippen molar-refractivity contribution in [2.45, 2.75) is 0 Å². The maximum Gasteiger partial charge on any atom is 0.235 e. The van der Waals surface area contributed by atoms with Crippen LogP contribution in [0.4, 0.5) is 0 Å². The van der Waals surface area contributed by atoms with Crippen LogP contribution in [0.5, 0.6) is 0 Å². The van der Waals surface area contributed by atoms with Gasteiger partial charge in [0.1, 0.15) is 0 Å². The van der Waals surface area contributed by atoms with Crippen molar-refractivity contribution in [1.82, 2.24) is 19.4 Å². The third-order valence-electron chi connectivity index (χ3n) is 3.44. The molecule has 1 N–H and O–H groups in total. The fourth-order valence-corrected chi connectivity index (χ4v) is 2.83. The number of morpholine rings is 1. The molecule has 1 aliphatic heterocycles. The van der Waals surface area contributed by atoms with Crippen LogP contribution in [0.25, 0.3) is 0 Å². The normalized spacial score (nSPS) is 17.1. The fraction of sp³-hybridized carbons (Fsp3) is 0.923. The number of hydrogen-bond donors (Lipinski definition) is 1. The van der Waals surface area contributed by atoms with E-state index in [1.54, 1.807) is 0 Å². The summed E-state index contributed by atoms with van der Waals surface area (Å²) < 4.78 is 29.9. The van der Waals surface area contributed by atoms with Crippen molar-refractivity contribution in [2.24, 2.45) is 0 Å². The second-order valence-corrected chi connectivity index (χ2v) is 7.69. The molecule has 0 atom stereocenters. The molecule has 1 rings (SSSR count). The Morgan fingerprint density at radius 2 is 1.86 bits per heavy atom. The number of amides is 1. The van der Waals surface area contributed by atoms with Gasteiger partial charge in [-0.25, -0.2) is 8.42 Å². The van der Waals surface area contributed by atoms with Crippen LogP contribution < -0.4 is 5.32 Å². The Kier molecular flexibility index (Phi) is 8.26. The van der Waals surface area contributed by atoms with Gasteiger partial charge in [-0.2, -0.15) is 4.31 Å². The lowest BCUT2D eigenvalue weighted by atomic mass is 10.4. The molecule has 0 saturated carbocycles. The zero-order chi connectivity index (χ0) is 16.6. The summed E-state index contributed by atoms with van der Waals surface area (Å²) in [5.41, 5.74) is 0. The third kappa shape index (κ3) is 8.04. The smallest absolute Gasteiger partial charge is 0.235 e. The summed E-state index contributed by atoms with van der Waals surface area (Å²) in [6.45, 7) is 5.21. The molecule has 1 heterocycles. The lowest BCUT2D eigenvalue weighted by Crippen LogP contribution is -2.45. The van der Waals surface area contributed by atoms with Crippen molar-refractivity contribution < 1.29 is 17.9 Å². The van der Waals surface area contributed by atoms with E-state index >= 15 is 0 Å². The lowest BCUT2D eigenvalue weighted by Gasteiger charge is -2.26. The number of likely N-dealkylation sites (N-methyl/N-ethyl adjacent to an activating group) is 1. The minimum absolute atomic E-state index is 0.129. The summed E-state index contributed by atoms with van der Waals surface area (Å²) in [7, 11) is 0.346. The largest absolute Gasteiger partial charge is 0.379 e. The van der Waals surface area contributed by atoms with Crippen LogP contribution in [0.15, 0.2) is 0 Å². The van der Waals surface area contributed by atoms with E-state index in [1.165, 1.54) is 4.31 Å². The Labute approximate surface area is 133 Å². The van der Waals surface area contributed by atoms with Gasteiger partial charge in [-0.15, -0.1) is 0 Å². The summed E-state index contributed by atoms with van der Waals surface area (Å²) in [6, 6.07) is 0. The molecule has 0 radical (unpaired) electrons. The molecule has 9 heteroatoms. The molecule has 0 aromatic carbocycles. The van der Waals surface area contributed by atoms with Crippen LogP contribution >= 0.6 is 0 Å². The fourth-order valence-electron chi connectivity index (χ4n) is 2.07. The van der Waals surface area contributed by atoms with E-state index in [0.717, 1.165) is 39.1 Å². The molecule has 1 saturated heterocycles. The first-order chi connectivity index (χ1) is 10.3. The Morgan fingerprint density at radius 1 is 1.23 bits per heavy atom. The van der Waals surface area contributed by atoms with E-state index in [-0.39, 0.29) is 12.5 Å². The van der Waals surface area contributed by atoms with Crippen LogP contribution in [-0.2, 0) is 19.6 Å². The van der Waals surface area contributed by atoms with E-state index < -0.39 is 10.0 Å². The topological polar surface area (TPSA) is 82.2 Å². The number of hydrogen-bond acceptors (Lipinski definition) is 6. The molecule has 0 aromatic rings. The monoisotopic (exact) mass is 336 g/mol. The van der Waals surface area contributed by atoms with Crippen LogP contribution in [0.2, 0.25) is 0 Å². The van der Waals surface area contributed by atoms with Crippen molar-refractivity contribution in [2.75, 3.05) is 79.4 Å². The molecule has 0 aromatic heterocycles. The molecule has 0 aliphatic carbocycles. The van der Waals surface area contributed by atoms with Gasteiger partial charge in [0.25, 0.3) is 0 Å². The predicted octanol–water partition coefficient (Wildman–Crippen LogP) is -1.74. The van der Waals surface area contributed by atoms with Gasteiger partial charge in [0.05, 0.1) is 26.0 Å². The quantitative estimate of drug-likeness (QED) is 0.538. The average molecular weight is 336 g/mol. The van der Waals surface area contributed by atoms with Crippen molar-refractivity contribution in [3.8, 4) is 0 Å². The summed E-state index contributed by atoms with van der Waals surface area (Å²) in [6.07, 6.45) is 1.13. The Hall–Kier alpha value is -0.740. The molecule has 22 heavy (non-hydrogen) atoms. The number of carbonyl (C=O) groups excluding carboxylic acids is 1. The highest BCUT2D eigenvalue weighted by Gasteiger charge is 2.20. The third-order valence-corrected chi connectivity index (χ3v) is 4.69. The second kappa shape index (κ2) is 9.41. The zero-order valence-corrected chi connectivity index (χ0v) is 14.6. The maximum absolute atomic E-state index is 11.9. The van der Waals surface area contributed by atoms with Crippen molar-refractivity contribution in [1.29, 1.82) is 0 Å². The Balaban J connectivity index is 2.32. The van der Waals surface area contributed by atoms with E-state index in [9.17, 15) is 13.2 Å². The number of rotatable bonds is 9. The van der Waals surface area contributed by atoms with E-state index in [2.05, 4.69) is 10.2 Å². The molecule has 1 aliphatic rings. The first-order valence-electron chi connectivity index (χ1n) is 7.45. The van der Waals surface area contributed by atoms with Gasteiger partial charge in [-0.05, 0) is 14.1 Å². The molecule has 0 bridgehead atoms. The minimum atomic E-state index is -3.38. The van der Waals surface area contributed by atoms with Crippen LogP contribution in [-0.4, -0.2) is 108 Å². The highest BCUT2D eigenvalue weighted by Crippen LogP contribution is 1.98. The first-order valence-corrected chi connectivity index (χ1v) is 9.30. The molecule has 1 amide bonds. The van der Waals surface area contributed by atoms with Gasteiger partial charge < -0.3 is 15.0 Å². The van der Waals surface area contributed by atoms with Crippen LogP contribution in [0, 0.1) is 0 Å². The lowest BCUT2D eigenvalue weighted by molar-refractivity contribution is -0.121. The highest BCUT2D eigenvalue weighted by molar-refractivity contribution is 7.88. The number of carbonyl (C=O) groups is 1. The number of ether oxygens (including phenoxy) is 1. The first kappa shape index (κ1) is 19.3. The second-order valence-electron chi connectivity index (χ2n) is 5.70. The van der Waals surface area contributed by atoms with Crippen molar-refractivity contribution in [3.05, 3.63) is 0 Å². The summed E-state index contributed by atoms with van der Waals surface area (Å²) >= 11 is 0. The minimum Gasteiger partial charge on any atom is -0.379 e. The average Bonchev–Trinajstić information content (AvgIpc) is 2.43. The van der Waals surface area contributed by atoms with Gasteiger partial charge in [0.2, 0.25) is 15.9 Å². The van der Waals surface area contributed by atoms with Gasteiger partial charge in [-0.1, -0.05) is 0 Å². The number of nitrogens with one attached hydrogen (secondary N) is 1. The number of sulfonamides is 1. The molecule has 8 nitrogen and oxygen atoms in total. The Morgan fingerprint density at radius 3 is 2.41 bits per heavy atom. The molecule has 1 fully saturated rings. The van der Waals surface area contributed by atoms with Gasteiger partial charge in [0, 0.05) is 39.3 Å². The van der Waals surface area contributed by atoms with Gasteiger partial charge >= 0.3 is 0 Å². The standard InChI is InChI=1S/C13H28N4O4S/c1-15(2)6-7-17(22(3,19)20)12-13(18)14-4-5-16-8-10-21-11-9-16/h4-12H2,1-3H3,(H,14,18). The van der Waals surface area contributed by atoms with E-state index in [0.29, 0.717) is 19.6 Å². The van der Waals surface area contributed by atoms with Crippen LogP contribution in [0.3, 0.4) is 0 Å². The van der Waals surface area contributed by atoms with Crippen molar-refractivity contribution in [3.63, 3.8) is 0 Å². The van der Waals surface area contributed by atoms with Gasteiger partial charge in [0.15, 0.2) is 0 Å². The molecular weight excluding hydrogens is 308 g/mol. The molecule has 0 unspecified atom stereocenters. The molecular formula is C13H28N4O4S. The van der Waals surface area contributed by atoms with E-state index in [1.807, 2.05) is 19.0 Å². The van der Waals surface area contributed by atoms with Crippen LogP contribution in [0.1, 0.15) is 0 Å². The molecule has 130 valence electrons. The summed E-state index contributed by atoms with van der Waals surface area (Å²) in [5.74, 6) is -0.266. The Bertz CT molecular complexity index is 435. The van der Waals surface area contributed by atoms with Crippen molar-refractivity contribution >= 4 is 15.9 Å². The molecule has 0 spiro atoms. The number of nitrogens with zero attached hydrogens (tertiary/aromatic N) is 3. The summed E-state index contributed by atoms with van der Waals surface area (Å²) in [4.78, 5) is 16.0. The SMILES string of the molecule is CN(C)CCN(CC(=O)NCCN1CCOCC1)S(C)(=O)=O. The summed E-state index contributed by atoms with van der Waals surface area (Å²) in [5, 5.41) is 2.78. The highest BCUT2D eigenvalue weighted by atomic mass is 32.2. The maximum atomic E-state index is 11.9. The zero-order valence-electron chi connectivity index (χ0n) is 13.7. The van der Waals surface area contributed by atoms with E-state index in [4.69, 9.17) is 4.74 Å².